The second-order valence-corrected chi connectivity index (χ2v) is 5.70. The van der Waals surface area contributed by atoms with Gasteiger partial charge in [0.25, 0.3) is 5.91 Å². The molecule has 21 heavy (non-hydrogen) atoms. The molecule has 0 atom stereocenters. The first kappa shape index (κ1) is 13.8. The number of hydrogen-bond donors (Lipinski definition) is 2. The zero-order valence-electron chi connectivity index (χ0n) is 12.5. The molecule has 0 aromatic heterocycles. The summed E-state index contributed by atoms with van der Waals surface area (Å²) in [5.74, 6) is -0.0336. The number of carbonyl (C=O) groups excluding carboxylic acids is 1. The molecule has 1 aliphatic rings. The molecule has 2 aromatic rings. The SMILES string of the molecule is Cc1cc(C)cc(C(=O)Nc2cccc3c2CCNC3)c1. The van der Waals surface area contributed by atoms with Gasteiger partial charge in [-0.3, -0.25) is 4.79 Å². The van der Waals surface area contributed by atoms with Crippen LogP contribution in [-0.2, 0) is 13.0 Å². The Morgan fingerprint density at radius 2 is 1.90 bits per heavy atom. The summed E-state index contributed by atoms with van der Waals surface area (Å²) in [6, 6.07) is 12.0. The summed E-state index contributed by atoms with van der Waals surface area (Å²) in [7, 11) is 0. The quantitative estimate of drug-likeness (QED) is 0.887. The van der Waals surface area contributed by atoms with Gasteiger partial charge in [-0.15, -0.1) is 0 Å². The summed E-state index contributed by atoms with van der Waals surface area (Å²) in [6.45, 7) is 5.87. The Hall–Kier alpha value is -2.13. The van der Waals surface area contributed by atoms with E-state index >= 15 is 0 Å². The average molecular weight is 280 g/mol. The number of fused-ring (bicyclic) bond motifs is 1. The lowest BCUT2D eigenvalue weighted by Crippen LogP contribution is -2.25. The number of amides is 1. The molecule has 108 valence electrons. The summed E-state index contributed by atoms with van der Waals surface area (Å²) < 4.78 is 0. The third-order valence-electron chi connectivity index (χ3n) is 3.87. The Bertz CT molecular complexity index is 671. The highest BCUT2D eigenvalue weighted by molar-refractivity contribution is 6.05. The van der Waals surface area contributed by atoms with Crippen molar-refractivity contribution in [2.75, 3.05) is 11.9 Å². The summed E-state index contributed by atoms with van der Waals surface area (Å²) in [4.78, 5) is 12.5. The summed E-state index contributed by atoms with van der Waals surface area (Å²) in [6.07, 6.45) is 0.957. The third kappa shape index (κ3) is 2.98. The van der Waals surface area contributed by atoms with Crippen LogP contribution >= 0.6 is 0 Å². The molecule has 0 fully saturated rings. The molecule has 0 spiro atoms. The van der Waals surface area contributed by atoms with Gasteiger partial charge in [0.1, 0.15) is 0 Å². The molecule has 3 nitrogen and oxygen atoms in total. The Labute approximate surface area is 125 Å². The van der Waals surface area contributed by atoms with E-state index < -0.39 is 0 Å². The predicted molar refractivity (Wildman–Crippen MR) is 85.7 cm³/mol. The standard InChI is InChI=1S/C18H20N2O/c1-12-8-13(2)10-15(9-12)18(21)20-17-5-3-4-14-11-19-7-6-16(14)17/h3-5,8-10,19H,6-7,11H2,1-2H3,(H,20,21). The minimum Gasteiger partial charge on any atom is -0.322 e. The molecule has 0 radical (unpaired) electrons. The molecule has 2 N–H and O–H groups in total. The van der Waals surface area contributed by atoms with Crippen LogP contribution in [0.3, 0.4) is 0 Å². The maximum Gasteiger partial charge on any atom is 0.255 e. The number of hydrogen-bond acceptors (Lipinski definition) is 2. The number of benzene rings is 2. The van der Waals surface area contributed by atoms with E-state index in [1.54, 1.807) is 0 Å². The van der Waals surface area contributed by atoms with E-state index in [4.69, 9.17) is 0 Å². The van der Waals surface area contributed by atoms with Crippen LogP contribution in [0.25, 0.3) is 0 Å². The van der Waals surface area contributed by atoms with E-state index in [1.165, 1.54) is 11.1 Å². The van der Waals surface area contributed by atoms with E-state index in [2.05, 4.69) is 22.8 Å². The van der Waals surface area contributed by atoms with Gasteiger partial charge in [0.2, 0.25) is 0 Å². The Morgan fingerprint density at radius 3 is 2.67 bits per heavy atom. The third-order valence-corrected chi connectivity index (χ3v) is 3.87. The molecule has 0 bridgehead atoms. The maximum absolute atomic E-state index is 12.5. The number of rotatable bonds is 2. The number of anilines is 1. The average Bonchev–Trinajstić information content (AvgIpc) is 2.46. The van der Waals surface area contributed by atoms with Gasteiger partial charge >= 0.3 is 0 Å². The highest BCUT2D eigenvalue weighted by Gasteiger charge is 2.15. The molecule has 0 saturated heterocycles. The van der Waals surface area contributed by atoms with Crippen LogP contribution in [0.1, 0.15) is 32.6 Å². The van der Waals surface area contributed by atoms with Crippen LogP contribution in [0.4, 0.5) is 5.69 Å². The van der Waals surface area contributed by atoms with Crippen molar-refractivity contribution >= 4 is 11.6 Å². The number of nitrogens with one attached hydrogen (secondary N) is 2. The molecular formula is C18H20N2O. The Morgan fingerprint density at radius 1 is 1.14 bits per heavy atom. The van der Waals surface area contributed by atoms with Crippen LogP contribution in [0.5, 0.6) is 0 Å². The minimum absolute atomic E-state index is 0.0336. The van der Waals surface area contributed by atoms with Crippen molar-refractivity contribution in [3.05, 3.63) is 64.2 Å². The van der Waals surface area contributed by atoms with Crippen molar-refractivity contribution in [2.24, 2.45) is 0 Å². The Kier molecular flexibility index (Phi) is 3.76. The zero-order valence-corrected chi connectivity index (χ0v) is 12.5. The second-order valence-electron chi connectivity index (χ2n) is 5.70. The fourth-order valence-electron chi connectivity index (χ4n) is 2.95. The van der Waals surface area contributed by atoms with Crippen molar-refractivity contribution < 1.29 is 4.79 Å². The number of carbonyl (C=O) groups is 1. The zero-order chi connectivity index (χ0) is 14.8. The summed E-state index contributed by atoms with van der Waals surface area (Å²) in [5.41, 5.74) is 6.42. The number of aryl methyl sites for hydroxylation is 2. The highest BCUT2D eigenvalue weighted by atomic mass is 16.1. The van der Waals surface area contributed by atoms with Gasteiger partial charge < -0.3 is 10.6 Å². The second kappa shape index (κ2) is 5.70. The van der Waals surface area contributed by atoms with E-state index in [0.717, 1.165) is 41.9 Å². The largest absolute Gasteiger partial charge is 0.322 e. The van der Waals surface area contributed by atoms with Crippen molar-refractivity contribution in [3.8, 4) is 0 Å². The molecule has 1 aliphatic heterocycles. The van der Waals surface area contributed by atoms with Crippen LogP contribution < -0.4 is 10.6 Å². The molecule has 3 heteroatoms. The van der Waals surface area contributed by atoms with Crippen LogP contribution in [0.15, 0.2) is 36.4 Å². The van der Waals surface area contributed by atoms with Gasteiger partial charge in [0, 0.05) is 17.8 Å². The van der Waals surface area contributed by atoms with Gasteiger partial charge in [-0.1, -0.05) is 29.3 Å². The molecular weight excluding hydrogens is 260 g/mol. The molecule has 3 rings (SSSR count). The van der Waals surface area contributed by atoms with Crippen LogP contribution in [-0.4, -0.2) is 12.5 Å². The fraction of sp³-hybridized carbons (Fsp3) is 0.278. The van der Waals surface area contributed by atoms with Crippen molar-refractivity contribution in [3.63, 3.8) is 0 Å². The molecule has 0 saturated carbocycles. The Balaban J connectivity index is 1.88. The summed E-state index contributed by atoms with van der Waals surface area (Å²) in [5, 5.41) is 6.43. The van der Waals surface area contributed by atoms with E-state index in [1.807, 2.05) is 38.1 Å². The predicted octanol–water partition coefficient (Wildman–Crippen LogP) is 3.20. The highest BCUT2D eigenvalue weighted by Crippen LogP contribution is 2.23. The lowest BCUT2D eigenvalue weighted by molar-refractivity contribution is 0.102. The van der Waals surface area contributed by atoms with Crippen molar-refractivity contribution in [2.45, 2.75) is 26.8 Å². The fourth-order valence-corrected chi connectivity index (χ4v) is 2.95. The van der Waals surface area contributed by atoms with Gasteiger partial charge in [-0.25, -0.2) is 0 Å². The smallest absolute Gasteiger partial charge is 0.255 e. The van der Waals surface area contributed by atoms with Gasteiger partial charge in [-0.2, -0.15) is 0 Å². The topological polar surface area (TPSA) is 41.1 Å². The van der Waals surface area contributed by atoms with E-state index in [0.29, 0.717) is 0 Å². The molecule has 2 aromatic carbocycles. The lowest BCUT2D eigenvalue weighted by atomic mass is 9.98. The van der Waals surface area contributed by atoms with Gasteiger partial charge in [-0.05, 0) is 56.1 Å². The summed E-state index contributed by atoms with van der Waals surface area (Å²) >= 11 is 0. The minimum atomic E-state index is -0.0336. The molecule has 0 unspecified atom stereocenters. The van der Waals surface area contributed by atoms with E-state index in [-0.39, 0.29) is 5.91 Å². The molecule has 1 amide bonds. The first-order chi connectivity index (χ1) is 10.1. The maximum atomic E-state index is 12.5. The normalized spacial score (nSPS) is 13.6. The first-order valence-electron chi connectivity index (χ1n) is 7.34. The van der Waals surface area contributed by atoms with E-state index in [9.17, 15) is 4.79 Å². The van der Waals surface area contributed by atoms with Gasteiger partial charge in [0.05, 0.1) is 0 Å². The van der Waals surface area contributed by atoms with Gasteiger partial charge in [0.15, 0.2) is 0 Å². The lowest BCUT2D eigenvalue weighted by Gasteiger charge is -2.20. The van der Waals surface area contributed by atoms with Crippen LogP contribution in [0.2, 0.25) is 0 Å². The molecule has 0 aliphatic carbocycles. The first-order valence-corrected chi connectivity index (χ1v) is 7.34. The van der Waals surface area contributed by atoms with Crippen LogP contribution in [0, 0.1) is 13.8 Å². The van der Waals surface area contributed by atoms with Crippen molar-refractivity contribution in [1.82, 2.24) is 5.32 Å². The molecule has 1 heterocycles. The van der Waals surface area contributed by atoms with Crippen molar-refractivity contribution in [1.29, 1.82) is 0 Å². The monoisotopic (exact) mass is 280 g/mol.